The van der Waals surface area contributed by atoms with E-state index < -0.39 is 9.73 Å². The van der Waals surface area contributed by atoms with Crippen LogP contribution in [0, 0.1) is 5.92 Å². The van der Waals surface area contributed by atoms with E-state index in [-0.39, 0.29) is 17.1 Å². The van der Waals surface area contributed by atoms with Crippen LogP contribution in [-0.4, -0.2) is 54.2 Å². The van der Waals surface area contributed by atoms with Gasteiger partial charge in [0.15, 0.2) is 0 Å². The van der Waals surface area contributed by atoms with Gasteiger partial charge in [0, 0.05) is 49.0 Å². The average molecular weight is 445 g/mol. The molecule has 0 bridgehead atoms. The highest BCUT2D eigenvalue weighted by molar-refractivity contribution is 7.93. The topological polar surface area (TPSA) is 93.3 Å². The molecule has 0 spiro atoms. The smallest absolute Gasteiger partial charge is 0.256 e. The molecule has 8 nitrogen and oxygen atoms in total. The number of carbonyl (C=O) groups is 1. The van der Waals surface area contributed by atoms with Gasteiger partial charge in [-0.3, -0.25) is 9.36 Å². The minimum absolute atomic E-state index is 0.0382. The SMILES string of the molecule is CS(=O)(=NC(=O)C1CCCCCCC1)C1CCN(c2cc(-n3ccnc3)ncn2)CC1. The molecule has 3 heterocycles. The molecule has 2 aliphatic rings. The number of hydrogen-bond acceptors (Lipinski definition) is 6. The minimum Gasteiger partial charge on any atom is -0.356 e. The summed E-state index contributed by atoms with van der Waals surface area (Å²) in [5, 5.41) is -0.0591. The van der Waals surface area contributed by atoms with E-state index in [1.165, 1.54) is 19.3 Å². The highest BCUT2D eigenvalue weighted by Gasteiger charge is 2.28. The van der Waals surface area contributed by atoms with Gasteiger partial charge in [-0.15, -0.1) is 0 Å². The zero-order valence-electron chi connectivity index (χ0n) is 18.2. The molecular weight excluding hydrogens is 412 g/mol. The van der Waals surface area contributed by atoms with E-state index in [1.54, 1.807) is 25.1 Å². The fourth-order valence-electron chi connectivity index (χ4n) is 4.60. The maximum absolute atomic E-state index is 13.4. The molecule has 0 N–H and O–H groups in total. The van der Waals surface area contributed by atoms with Gasteiger partial charge in [0.25, 0.3) is 5.91 Å². The standard InChI is InChI=1S/C22H32N6O2S/c1-31(30,26-22(29)18-7-5-3-2-4-6-8-18)19-9-12-27(13-10-19)20-15-21(25-16-24-20)28-14-11-23-17-28/h11,14-19H,2-10,12-13H2,1H3. The summed E-state index contributed by atoms with van der Waals surface area (Å²) in [5.74, 6) is 1.45. The van der Waals surface area contributed by atoms with Crippen molar-refractivity contribution in [2.45, 2.75) is 63.0 Å². The molecule has 1 atom stereocenters. The molecule has 1 amide bonds. The summed E-state index contributed by atoms with van der Waals surface area (Å²) in [6, 6.07) is 1.94. The first kappa shape index (κ1) is 21.9. The second kappa shape index (κ2) is 9.89. The highest BCUT2D eigenvalue weighted by Crippen LogP contribution is 2.26. The van der Waals surface area contributed by atoms with Crippen molar-refractivity contribution in [1.82, 2.24) is 19.5 Å². The fourth-order valence-corrected chi connectivity index (χ4v) is 6.34. The number of nitrogens with zero attached hydrogens (tertiary/aromatic N) is 6. The molecule has 0 aromatic carbocycles. The summed E-state index contributed by atoms with van der Waals surface area (Å²) in [6.45, 7) is 1.48. The number of rotatable bonds is 4. The Bertz CT molecular complexity index is 983. The van der Waals surface area contributed by atoms with E-state index in [0.29, 0.717) is 0 Å². The second-order valence-corrected chi connectivity index (χ2v) is 11.3. The highest BCUT2D eigenvalue weighted by atomic mass is 32.2. The van der Waals surface area contributed by atoms with Gasteiger partial charge in [0.1, 0.15) is 24.3 Å². The van der Waals surface area contributed by atoms with Gasteiger partial charge in [-0.05, 0) is 25.7 Å². The Morgan fingerprint density at radius 2 is 1.71 bits per heavy atom. The number of imidazole rings is 1. The first-order valence-electron chi connectivity index (χ1n) is 11.3. The Morgan fingerprint density at radius 3 is 2.39 bits per heavy atom. The maximum Gasteiger partial charge on any atom is 0.256 e. The Hall–Kier alpha value is -2.29. The molecule has 4 rings (SSSR count). The molecule has 1 aliphatic carbocycles. The molecule has 1 unspecified atom stereocenters. The molecule has 1 aliphatic heterocycles. The lowest BCUT2D eigenvalue weighted by atomic mass is 9.91. The summed E-state index contributed by atoms with van der Waals surface area (Å²) >= 11 is 0. The quantitative estimate of drug-likeness (QED) is 0.715. The lowest BCUT2D eigenvalue weighted by molar-refractivity contribution is -0.121. The number of anilines is 1. The van der Waals surface area contributed by atoms with Gasteiger partial charge in [-0.1, -0.05) is 32.1 Å². The monoisotopic (exact) mass is 444 g/mol. The summed E-state index contributed by atoms with van der Waals surface area (Å²) < 4.78 is 19.5. The zero-order chi connectivity index (χ0) is 21.7. The van der Waals surface area contributed by atoms with Crippen molar-refractivity contribution in [3.8, 4) is 5.82 Å². The van der Waals surface area contributed by atoms with Gasteiger partial charge in [-0.2, -0.15) is 4.36 Å². The van der Waals surface area contributed by atoms with Gasteiger partial charge < -0.3 is 4.90 Å². The molecule has 2 aromatic rings. The number of amides is 1. The maximum atomic E-state index is 13.4. The number of hydrogen-bond donors (Lipinski definition) is 0. The molecule has 2 aromatic heterocycles. The molecule has 0 radical (unpaired) electrons. The van der Waals surface area contributed by atoms with Crippen LogP contribution in [0.1, 0.15) is 57.8 Å². The molecule has 1 saturated heterocycles. The van der Waals surface area contributed by atoms with Crippen LogP contribution >= 0.6 is 0 Å². The van der Waals surface area contributed by atoms with Crippen LogP contribution in [0.4, 0.5) is 5.82 Å². The molecule has 9 heteroatoms. The van der Waals surface area contributed by atoms with Crippen LogP contribution in [0.2, 0.25) is 0 Å². The normalized spacial score (nSPS) is 21.1. The second-order valence-electron chi connectivity index (χ2n) is 8.72. The first-order valence-corrected chi connectivity index (χ1v) is 13.3. The summed E-state index contributed by atoms with van der Waals surface area (Å²) in [5.41, 5.74) is 0. The number of piperidine rings is 1. The lowest BCUT2D eigenvalue weighted by Gasteiger charge is -2.33. The van der Waals surface area contributed by atoms with E-state index in [1.807, 2.05) is 16.8 Å². The Balaban J connectivity index is 1.39. The van der Waals surface area contributed by atoms with E-state index in [0.717, 1.165) is 63.3 Å². The predicted molar refractivity (Wildman–Crippen MR) is 122 cm³/mol. The van der Waals surface area contributed by atoms with Crippen LogP contribution in [0.5, 0.6) is 0 Å². The molecule has 31 heavy (non-hydrogen) atoms. The fraction of sp³-hybridized carbons (Fsp3) is 0.636. The summed E-state index contributed by atoms with van der Waals surface area (Å²) in [7, 11) is -2.55. The largest absolute Gasteiger partial charge is 0.356 e. The number of aromatic nitrogens is 4. The van der Waals surface area contributed by atoms with Crippen molar-refractivity contribution < 1.29 is 9.00 Å². The third kappa shape index (κ3) is 5.50. The van der Waals surface area contributed by atoms with Crippen LogP contribution in [0.25, 0.3) is 5.82 Å². The third-order valence-corrected chi connectivity index (χ3v) is 8.77. The third-order valence-electron chi connectivity index (χ3n) is 6.52. The number of carbonyl (C=O) groups excluding carboxylic acids is 1. The molecule has 2 fully saturated rings. The van der Waals surface area contributed by atoms with Gasteiger partial charge in [0.05, 0.1) is 9.73 Å². The van der Waals surface area contributed by atoms with Crippen LogP contribution in [0.3, 0.4) is 0 Å². The van der Waals surface area contributed by atoms with E-state index in [4.69, 9.17) is 0 Å². The molecular formula is C22H32N6O2S. The van der Waals surface area contributed by atoms with Crippen LogP contribution in [-0.2, 0) is 14.5 Å². The van der Waals surface area contributed by atoms with Crippen molar-refractivity contribution in [1.29, 1.82) is 0 Å². The van der Waals surface area contributed by atoms with Crippen molar-refractivity contribution >= 4 is 21.5 Å². The van der Waals surface area contributed by atoms with Crippen LogP contribution < -0.4 is 4.90 Å². The van der Waals surface area contributed by atoms with Gasteiger partial charge in [-0.25, -0.2) is 19.2 Å². The van der Waals surface area contributed by atoms with E-state index >= 15 is 0 Å². The van der Waals surface area contributed by atoms with Crippen molar-refractivity contribution in [2.75, 3.05) is 24.2 Å². The van der Waals surface area contributed by atoms with Crippen molar-refractivity contribution in [3.63, 3.8) is 0 Å². The summed E-state index contributed by atoms with van der Waals surface area (Å²) in [6.07, 6.45) is 17.6. The Morgan fingerprint density at radius 1 is 1.03 bits per heavy atom. The van der Waals surface area contributed by atoms with E-state index in [2.05, 4.69) is 24.2 Å². The molecule has 1 saturated carbocycles. The Kier molecular flexibility index (Phi) is 6.99. The van der Waals surface area contributed by atoms with Crippen LogP contribution in [0.15, 0.2) is 35.5 Å². The van der Waals surface area contributed by atoms with Gasteiger partial charge >= 0.3 is 0 Å². The first-order chi connectivity index (χ1) is 15.0. The average Bonchev–Trinajstić information content (AvgIpc) is 3.28. The Labute approximate surface area is 184 Å². The van der Waals surface area contributed by atoms with Gasteiger partial charge in [0.2, 0.25) is 0 Å². The summed E-state index contributed by atoms with van der Waals surface area (Å²) in [4.78, 5) is 27.8. The lowest BCUT2D eigenvalue weighted by Crippen LogP contribution is -2.39. The van der Waals surface area contributed by atoms with E-state index in [9.17, 15) is 9.00 Å². The van der Waals surface area contributed by atoms with Crippen molar-refractivity contribution in [3.05, 3.63) is 31.1 Å². The molecule has 168 valence electrons. The predicted octanol–water partition coefficient (Wildman–Crippen LogP) is 3.62. The zero-order valence-corrected chi connectivity index (χ0v) is 19.0. The minimum atomic E-state index is -2.55. The van der Waals surface area contributed by atoms with Crippen molar-refractivity contribution in [2.24, 2.45) is 10.3 Å².